The summed E-state index contributed by atoms with van der Waals surface area (Å²) in [4.78, 5) is 9.61. The van der Waals surface area contributed by atoms with Gasteiger partial charge in [0, 0.05) is 41.4 Å². The van der Waals surface area contributed by atoms with Crippen LogP contribution in [0.15, 0.2) is 71.8 Å². The van der Waals surface area contributed by atoms with Gasteiger partial charge in [0.2, 0.25) is 0 Å². The van der Waals surface area contributed by atoms with Crippen molar-refractivity contribution in [3.05, 3.63) is 84.1 Å². The molecule has 0 saturated heterocycles. The number of sulfone groups is 1. The molecule has 4 rings (SSSR count). The Morgan fingerprint density at radius 1 is 1.15 bits per heavy atom. The molecule has 11 heteroatoms. The number of aromatic amines is 1. The number of benzene rings is 3. The van der Waals surface area contributed by atoms with Crippen LogP contribution in [-0.2, 0) is 16.4 Å². The van der Waals surface area contributed by atoms with Gasteiger partial charge in [0.05, 0.1) is 35.5 Å². The first-order chi connectivity index (χ1) is 19.0. The number of hydrogen-bond acceptors (Lipinski definition) is 7. The van der Waals surface area contributed by atoms with Gasteiger partial charge in [0.1, 0.15) is 17.4 Å². The molecule has 4 aromatic rings. The Kier molecular flexibility index (Phi) is 8.43. The maximum absolute atomic E-state index is 16.0. The summed E-state index contributed by atoms with van der Waals surface area (Å²) in [6.07, 6.45) is 2.50. The van der Waals surface area contributed by atoms with Gasteiger partial charge in [-0.3, -0.25) is 5.41 Å². The molecule has 40 heavy (non-hydrogen) atoms. The van der Waals surface area contributed by atoms with Crippen LogP contribution >= 0.6 is 0 Å². The van der Waals surface area contributed by atoms with Crippen molar-refractivity contribution in [2.24, 2.45) is 5.73 Å². The molecule has 0 aliphatic rings. The Bertz CT molecular complexity index is 1620. The van der Waals surface area contributed by atoms with E-state index in [1.807, 2.05) is 20.8 Å². The van der Waals surface area contributed by atoms with Gasteiger partial charge < -0.3 is 25.1 Å². The van der Waals surface area contributed by atoms with E-state index in [9.17, 15) is 8.42 Å². The van der Waals surface area contributed by atoms with Crippen molar-refractivity contribution >= 4 is 27.0 Å². The fourth-order valence-corrected chi connectivity index (χ4v) is 5.11. The average Bonchev–Trinajstić information content (AvgIpc) is 3.37. The normalized spacial score (nSPS) is 11.4. The lowest BCUT2D eigenvalue weighted by Crippen LogP contribution is -2.20. The number of H-pyrrole nitrogens is 1. The lowest BCUT2D eigenvalue weighted by Gasteiger charge is -2.26. The van der Waals surface area contributed by atoms with Crippen LogP contribution < -0.4 is 20.1 Å². The summed E-state index contributed by atoms with van der Waals surface area (Å²) in [5.74, 6) is 0.268. The molecular weight excluding hydrogens is 533 g/mol. The van der Waals surface area contributed by atoms with Crippen molar-refractivity contribution in [2.75, 3.05) is 17.8 Å². The van der Waals surface area contributed by atoms with E-state index in [0.29, 0.717) is 40.7 Å². The third kappa shape index (κ3) is 6.42. The molecule has 0 atom stereocenters. The fraction of sp³-hybridized carbons (Fsp3) is 0.241. The lowest BCUT2D eigenvalue weighted by atomic mass is 10.1. The van der Waals surface area contributed by atoms with Crippen molar-refractivity contribution in [1.29, 1.82) is 5.41 Å². The Morgan fingerprint density at radius 2 is 1.85 bits per heavy atom. The topological polar surface area (TPSA) is 134 Å². The zero-order valence-electron chi connectivity index (χ0n) is 22.7. The van der Waals surface area contributed by atoms with Gasteiger partial charge in [0.25, 0.3) is 0 Å². The minimum atomic E-state index is -3.49. The average molecular weight is 566 g/mol. The number of nitrogens with zero attached hydrogens (tertiary/aromatic N) is 2. The van der Waals surface area contributed by atoms with Crippen LogP contribution in [0.4, 0.5) is 15.8 Å². The van der Waals surface area contributed by atoms with Gasteiger partial charge in [0.15, 0.2) is 21.4 Å². The van der Waals surface area contributed by atoms with E-state index >= 15 is 4.39 Å². The highest BCUT2D eigenvalue weighted by molar-refractivity contribution is 7.90. The molecule has 1 aromatic heterocycles. The minimum Gasteiger partial charge on any atom is -0.494 e. The highest BCUT2D eigenvalue weighted by Crippen LogP contribution is 2.38. The van der Waals surface area contributed by atoms with Crippen LogP contribution in [0.2, 0.25) is 0 Å². The molecule has 210 valence electrons. The Hall–Kier alpha value is -4.38. The number of nitrogen functional groups attached to an aromatic ring is 1. The fourth-order valence-electron chi connectivity index (χ4n) is 4.21. The number of hydrogen-bond donors (Lipinski definition) is 3. The second-order valence-electron chi connectivity index (χ2n) is 9.40. The van der Waals surface area contributed by atoms with Crippen LogP contribution in [-0.4, -0.2) is 43.2 Å². The van der Waals surface area contributed by atoms with Crippen LogP contribution in [0.5, 0.6) is 11.5 Å². The van der Waals surface area contributed by atoms with Crippen LogP contribution in [0, 0.1) is 11.2 Å². The van der Waals surface area contributed by atoms with Crippen molar-refractivity contribution in [1.82, 2.24) is 9.97 Å². The Labute approximate surface area is 233 Å². The summed E-state index contributed by atoms with van der Waals surface area (Å²) in [5.41, 5.74) is 7.85. The molecule has 3 aromatic carbocycles. The van der Waals surface area contributed by atoms with E-state index in [1.165, 1.54) is 12.1 Å². The van der Waals surface area contributed by atoms with Gasteiger partial charge in [-0.2, -0.15) is 0 Å². The van der Waals surface area contributed by atoms with Crippen molar-refractivity contribution < 1.29 is 22.3 Å². The van der Waals surface area contributed by atoms with Gasteiger partial charge >= 0.3 is 0 Å². The highest BCUT2D eigenvalue weighted by atomic mass is 32.2. The number of anilines is 2. The van der Waals surface area contributed by atoms with Gasteiger partial charge in [-0.1, -0.05) is 18.2 Å². The second-order valence-corrected chi connectivity index (χ2v) is 11.4. The molecule has 0 saturated carbocycles. The first kappa shape index (κ1) is 28.6. The number of nitrogens with two attached hydrogens (primary N) is 1. The number of nitrogens with one attached hydrogen (secondary N) is 2. The Balaban J connectivity index is 1.82. The first-order valence-electron chi connectivity index (χ1n) is 12.7. The summed E-state index contributed by atoms with van der Waals surface area (Å²) in [6.45, 7) is 5.92. The lowest BCUT2D eigenvalue weighted by molar-refractivity contribution is 0.229. The maximum atomic E-state index is 16.0. The second kappa shape index (κ2) is 11.8. The van der Waals surface area contributed by atoms with E-state index in [1.54, 1.807) is 59.6 Å². The quantitative estimate of drug-likeness (QED) is 0.163. The molecule has 0 amide bonds. The molecule has 0 aliphatic heterocycles. The number of imidazole rings is 1. The van der Waals surface area contributed by atoms with Crippen LogP contribution in [0.25, 0.3) is 11.3 Å². The summed E-state index contributed by atoms with van der Waals surface area (Å²) >= 11 is 0. The van der Waals surface area contributed by atoms with Crippen LogP contribution in [0.3, 0.4) is 0 Å². The van der Waals surface area contributed by atoms with Crippen molar-refractivity contribution in [3.8, 4) is 22.8 Å². The van der Waals surface area contributed by atoms with E-state index in [-0.39, 0.29) is 34.8 Å². The standard InChI is InChI=1S/C29H32FN5O4S/c1-5-38-21-14-24(28(30)25(15-21)39-18(2)3)35(20-12-10-19(11-13-20)29(31)32)17-27-33-16-23(34-27)22-8-6-7-9-26(22)40(4,36)37/h6-16,18H,5,17H2,1-4H3,(H3,31,32)(H,33,34). The summed E-state index contributed by atoms with van der Waals surface area (Å²) in [5, 5.41) is 7.72. The third-order valence-corrected chi connectivity index (χ3v) is 7.10. The molecule has 0 unspecified atom stereocenters. The minimum absolute atomic E-state index is 0.0449. The Morgan fingerprint density at radius 3 is 2.48 bits per heavy atom. The van der Waals surface area contributed by atoms with Gasteiger partial charge in [-0.25, -0.2) is 17.8 Å². The molecule has 0 spiro atoms. The molecule has 0 aliphatic carbocycles. The molecule has 4 N–H and O–H groups in total. The molecular formula is C29H32FN5O4S. The predicted octanol–water partition coefficient (Wildman–Crippen LogP) is 5.43. The molecule has 0 radical (unpaired) electrons. The monoisotopic (exact) mass is 565 g/mol. The molecule has 0 bridgehead atoms. The summed E-state index contributed by atoms with van der Waals surface area (Å²) in [6, 6.07) is 16.6. The SMILES string of the molecule is CCOc1cc(OC(C)C)c(F)c(N(Cc2nc(-c3ccccc3S(C)(=O)=O)c[nH]2)c2ccc(C(=N)N)cc2)c1. The number of ether oxygens (including phenoxy) is 2. The number of rotatable bonds is 11. The van der Waals surface area contributed by atoms with E-state index < -0.39 is 15.7 Å². The van der Waals surface area contributed by atoms with Crippen LogP contribution in [0.1, 0.15) is 32.2 Å². The highest BCUT2D eigenvalue weighted by Gasteiger charge is 2.23. The molecule has 9 nitrogen and oxygen atoms in total. The van der Waals surface area contributed by atoms with Gasteiger partial charge in [-0.15, -0.1) is 0 Å². The largest absolute Gasteiger partial charge is 0.494 e. The maximum Gasteiger partial charge on any atom is 0.188 e. The zero-order chi connectivity index (χ0) is 29.0. The smallest absolute Gasteiger partial charge is 0.188 e. The number of aromatic nitrogens is 2. The number of halogens is 1. The van der Waals surface area contributed by atoms with E-state index in [4.69, 9.17) is 20.6 Å². The van der Waals surface area contributed by atoms with E-state index in [0.717, 1.165) is 6.26 Å². The van der Waals surface area contributed by atoms with Crippen molar-refractivity contribution in [2.45, 2.75) is 38.3 Å². The van der Waals surface area contributed by atoms with E-state index in [2.05, 4.69) is 9.97 Å². The molecule has 0 fully saturated rings. The number of amidine groups is 1. The summed E-state index contributed by atoms with van der Waals surface area (Å²) < 4.78 is 52.2. The summed E-state index contributed by atoms with van der Waals surface area (Å²) in [7, 11) is -3.49. The zero-order valence-corrected chi connectivity index (χ0v) is 23.5. The van der Waals surface area contributed by atoms with Gasteiger partial charge in [-0.05, 0) is 51.1 Å². The first-order valence-corrected chi connectivity index (χ1v) is 14.6. The predicted molar refractivity (Wildman–Crippen MR) is 154 cm³/mol. The third-order valence-electron chi connectivity index (χ3n) is 5.95. The molecule has 1 heterocycles. The van der Waals surface area contributed by atoms with Crippen molar-refractivity contribution in [3.63, 3.8) is 0 Å².